The molecule has 0 saturated heterocycles. The summed E-state index contributed by atoms with van der Waals surface area (Å²) >= 11 is 3.96. The minimum absolute atomic E-state index is 0.473. The van der Waals surface area contributed by atoms with Gasteiger partial charge in [-0.15, -0.1) is 0 Å². The molecule has 3 heteroatoms. The van der Waals surface area contributed by atoms with Crippen molar-refractivity contribution in [2.45, 2.75) is 24.1 Å². The van der Waals surface area contributed by atoms with Crippen molar-refractivity contribution in [1.82, 2.24) is 0 Å². The van der Waals surface area contributed by atoms with Crippen molar-refractivity contribution in [3.8, 4) is 11.5 Å². The van der Waals surface area contributed by atoms with Gasteiger partial charge in [-0.25, -0.2) is 0 Å². The summed E-state index contributed by atoms with van der Waals surface area (Å²) in [5.74, 6) is 6.53. The topological polar surface area (TPSA) is 18.5 Å². The first-order valence-electron chi connectivity index (χ1n) is 7.60. The van der Waals surface area contributed by atoms with Crippen LogP contribution in [0, 0.1) is 29.6 Å². The van der Waals surface area contributed by atoms with Crippen molar-refractivity contribution in [3.05, 3.63) is 23.8 Å². The minimum Gasteiger partial charge on any atom is -0.493 e. The highest BCUT2D eigenvalue weighted by Crippen LogP contribution is 2.73. The number of halogens is 1. The first-order chi connectivity index (χ1) is 9.74. The SMILES string of the molecule is COc1ccc(C(Br)C2C3C4CCC(C4)C32)cc1OC. The van der Waals surface area contributed by atoms with Gasteiger partial charge >= 0.3 is 0 Å². The van der Waals surface area contributed by atoms with Crippen molar-refractivity contribution >= 4 is 15.9 Å². The summed E-state index contributed by atoms with van der Waals surface area (Å²) in [5.41, 5.74) is 1.33. The van der Waals surface area contributed by atoms with Gasteiger partial charge in [-0.05, 0) is 66.5 Å². The summed E-state index contributed by atoms with van der Waals surface area (Å²) in [6.07, 6.45) is 4.47. The molecular weight excluding hydrogens is 316 g/mol. The van der Waals surface area contributed by atoms with Crippen LogP contribution in [-0.2, 0) is 0 Å². The molecule has 1 aromatic carbocycles. The van der Waals surface area contributed by atoms with E-state index >= 15 is 0 Å². The fourth-order valence-corrected chi connectivity index (χ4v) is 6.02. The zero-order valence-electron chi connectivity index (χ0n) is 12.0. The van der Waals surface area contributed by atoms with Crippen LogP contribution in [-0.4, -0.2) is 14.2 Å². The van der Waals surface area contributed by atoms with E-state index in [-0.39, 0.29) is 0 Å². The molecule has 0 heterocycles. The zero-order chi connectivity index (χ0) is 13.9. The molecule has 0 aliphatic heterocycles. The second-order valence-corrected chi connectivity index (χ2v) is 7.57. The number of hydrogen-bond acceptors (Lipinski definition) is 2. The largest absolute Gasteiger partial charge is 0.493 e. The van der Waals surface area contributed by atoms with Gasteiger partial charge in [0.05, 0.1) is 14.2 Å². The van der Waals surface area contributed by atoms with Gasteiger partial charge in [0.2, 0.25) is 0 Å². The van der Waals surface area contributed by atoms with Gasteiger partial charge in [0.15, 0.2) is 11.5 Å². The van der Waals surface area contributed by atoms with E-state index in [4.69, 9.17) is 9.47 Å². The summed E-state index contributed by atoms with van der Waals surface area (Å²) in [6, 6.07) is 6.33. The average molecular weight is 337 g/mol. The van der Waals surface area contributed by atoms with Gasteiger partial charge in [0.25, 0.3) is 0 Å². The van der Waals surface area contributed by atoms with E-state index in [1.165, 1.54) is 24.8 Å². The molecule has 0 radical (unpaired) electrons. The fraction of sp³-hybridized carbons (Fsp3) is 0.647. The van der Waals surface area contributed by atoms with Gasteiger partial charge in [0.1, 0.15) is 0 Å². The molecule has 2 nitrogen and oxygen atoms in total. The third-order valence-electron chi connectivity index (χ3n) is 5.86. The molecule has 3 saturated carbocycles. The zero-order valence-corrected chi connectivity index (χ0v) is 13.6. The maximum absolute atomic E-state index is 5.43. The summed E-state index contributed by atoms with van der Waals surface area (Å²) in [6.45, 7) is 0. The van der Waals surface area contributed by atoms with Gasteiger partial charge in [-0.3, -0.25) is 0 Å². The number of rotatable bonds is 4. The first kappa shape index (κ1) is 13.0. The molecule has 5 unspecified atom stereocenters. The van der Waals surface area contributed by atoms with Crippen LogP contribution in [0.5, 0.6) is 11.5 Å². The van der Waals surface area contributed by atoms with Crippen LogP contribution in [0.4, 0.5) is 0 Å². The average Bonchev–Trinajstić information content (AvgIpc) is 2.92. The monoisotopic (exact) mass is 336 g/mol. The highest BCUT2D eigenvalue weighted by molar-refractivity contribution is 9.09. The van der Waals surface area contributed by atoms with Crippen molar-refractivity contribution in [2.24, 2.45) is 29.6 Å². The molecule has 2 bridgehead atoms. The predicted octanol–water partition coefficient (Wildman–Crippen LogP) is 4.43. The Labute approximate surface area is 129 Å². The molecular formula is C17H21BrO2. The van der Waals surface area contributed by atoms with E-state index in [9.17, 15) is 0 Å². The number of alkyl halides is 1. The van der Waals surface area contributed by atoms with E-state index in [1.807, 2.05) is 6.07 Å². The molecule has 0 N–H and O–H groups in total. The third kappa shape index (κ3) is 1.75. The lowest BCUT2D eigenvalue weighted by Crippen LogP contribution is -2.04. The summed E-state index contributed by atoms with van der Waals surface area (Å²) < 4.78 is 10.8. The molecule has 3 aliphatic carbocycles. The first-order valence-corrected chi connectivity index (χ1v) is 8.52. The second-order valence-electron chi connectivity index (χ2n) is 6.58. The predicted molar refractivity (Wildman–Crippen MR) is 82.5 cm³/mol. The Morgan fingerprint density at radius 2 is 1.70 bits per heavy atom. The number of ether oxygens (including phenoxy) is 2. The highest BCUT2D eigenvalue weighted by atomic mass is 79.9. The lowest BCUT2D eigenvalue weighted by Gasteiger charge is -2.17. The van der Waals surface area contributed by atoms with Gasteiger partial charge in [0, 0.05) is 4.83 Å². The third-order valence-corrected chi connectivity index (χ3v) is 7.00. The minimum atomic E-state index is 0.473. The van der Waals surface area contributed by atoms with Crippen LogP contribution in [0.25, 0.3) is 0 Å². The molecule has 4 rings (SSSR count). The quantitative estimate of drug-likeness (QED) is 0.757. The Kier molecular flexibility index (Phi) is 3.03. The second kappa shape index (κ2) is 4.66. The summed E-state index contributed by atoms with van der Waals surface area (Å²) in [7, 11) is 3.39. The van der Waals surface area contributed by atoms with Crippen molar-refractivity contribution in [2.75, 3.05) is 14.2 Å². The Balaban J connectivity index is 1.56. The molecule has 0 amide bonds. The normalized spacial score (nSPS) is 38.5. The Morgan fingerprint density at radius 1 is 1.05 bits per heavy atom. The Bertz CT molecular complexity index is 514. The van der Waals surface area contributed by atoms with Crippen molar-refractivity contribution in [1.29, 1.82) is 0 Å². The molecule has 3 fully saturated rings. The van der Waals surface area contributed by atoms with Crippen LogP contribution >= 0.6 is 15.9 Å². The fourth-order valence-electron chi connectivity index (χ4n) is 5.03. The van der Waals surface area contributed by atoms with E-state index in [0.29, 0.717) is 4.83 Å². The molecule has 5 atom stereocenters. The standard InChI is InChI=1S/C17H21BrO2/c1-19-12-6-5-11(8-13(12)20-2)17(18)16-14-9-3-4-10(7-9)15(14)16/h5-6,8-10,14-17H,3-4,7H2,1-2H3. The number of hydrogen-bond donors (Lipinski definition) is 0. The van der Waals surface area contributed by atoms with E-state index in [1.54, 1.807) is 14.2 Å². The van der Waals surface area contributed by atoms with Gasteiger partial charge in [-0.1, -0.05) is 22.0 Å². The van der Waals surface area contributed by atoms with E-state index in [2.05, 4.69) is 28.1 Å². The summed E-state index contributed by atoms with van der Waals surface area (Å²) in [4.78, 5) is 0.473. The van der Waals surface area contributed by atoms with Gasteiger partial charge in [-0.2, -0.15) is 0 Å². The molecule has 3 aliphatic rings. The van der Waals surface area contributed by atoms with Crippen LogP contribution in [0.1, 0.15) is 29.7 Å². The van der Waals surface area contributed by atoms with Crippen molar-refractivity contribution < 1.29 is 9.47 Å². The maximum Gasteiger partial charge on any atom is 0.161 e. The number of fused-ring (bicyclic) bond motifs is 5. The molecule has 0 aromatic heterocycles. The van der Waals surface area contributed by atoms with E-state index in [0.717, 1.165) is 41.1 Å². The highest BCUT2D eigenvalue weighted by Gasteiger charge is 2.66. The molecule has 108 valence electrons. The lowest BCUT2D eigenvalue weighted by atomic mass is 9.97. The van der Waals surface area contributed by atoms with Crippen LogP contribution in [0.2, 0.25) is 0 Å². The van der Waals surface area contributed by atoms with Crippen molar-refractivity contribution in [3.63, 3.8) is 0 Å². The van der Waals surface area contributed by atoms with Crippen LogP contribution in [0.15, 0.2) is 18.2 Å². The van der Waals surface area contributed by atoms with Crippen LogP contribution in [0.3, 0.4) is 0 Å². The molecule has 20 heavy (non-hydrogen) atoms. The molecule has 1 aromatic rings. The number of methoxy groups -OCH3 is 2. The lowest BCUT2D eigenvalue weighted by molar-refractivity contribution is 0.354. The van der Waals surface area contributed by atoms with Crippen LogP contribution < -0.4 is 9.47 Å². The van der Waals surface area contributed by atoms with E-state index < -0.39 is 0 Å². The summed E-state index contributed by atoms with van der Waals surface area (Å²) in [5, 5.41) is 0. The van der Waals surface area contributed by atoms with Gasteiger partial charge < -0.3 is 9.47 Å². The maximum atomic E-state index is 5.43. The Morgan fingerprint density at radius 3 is 2.30 bits per heavy atom. The smallest absolute Gasteiger partial charge is 0.161 e. The number of benzene rings is 1. The Hall–Kier alpha value is -0.700. The molecule has 0 spiro atoms.